The molecule has 0 aliphatic carbocycles. The molecule has 3 heterocycles. The van der Waals surface area contributed by atoms with Crippen molar-refractivity contribution in [2.24, 2.45) is 5.92 Å². The third-order valence-corrected chi connectivity index (χ3v) is 5.26. The van der Waals surface area contributed by atoms with Gasteiger partial charge in [0.2, 0.25) is 17.7 Å². The van der Waals surface area contributed by atoms with Gasteiger partial charge in [0.25, 0.3) is 0 Å². The molecular weight excluding hydrogens is 375 g/mol. The highest BCUT2D eigenvalue weighted by molar-refractivity contribution is 5.79. The van der Waals surface area contributed by atoms with Gasteiger partial charge in [-0.3, -0.25) is 9.69 Å². The molecule has 0 spiro atoms. The molecule has 1 amide bonds. The predicted molar refractivity (Wildman–Crippen MR) is 97.2 cm³/mol. The second-order valence-corrected chi connectivity index (χ2v) is 7.23. The Labute approximate surface area is 162 Å². The summed E-state index contributed by atoms with van der Waals surface area (Å²) in [6, 6.07) is 1.68. The molecule has 0 N–H and O–H groups in total. The Bertz CT molecular complexity index is 665. The molecule has 1 aromatic heterocycles. The lowest BCUT2D eigenvalue weighted by Crippen LogP contribution is -2.44. The lowest BCUT2D eigenvalue weighted by atomic mass is 9.95. The molecule has 0 radical (unpaired) electrons. The van der Waals surface area contributed by atoms with Crippen LogP contribution in [0.1, 0.15) is 19.3 Å². The lowest BCUT2D eigenvalue weighted by molar-refractivity contribution is -0.145. The van der Waals surface area contributed by atoms with Gasteiger partial charge in [-0.15, -0.1) is 0 Å². The maximum absolute atomic E-state index is 12.9. The van der Waals surface area contributed by atoms with Crippen LogP contribution in [0.4, 0.5) is 19.1 Å². The van der Waals surface area contributed by atoms with Gasteiger partial charge in [0.15, 0.2) is 0 Å². The van der Waals surface area contributed by atoms with Crippen molar-refractivity contribution in [3.63, 3.8) is 0 Å². The second-order valence-electron chi connectivity index (χ2n) is 7.23. The topological polar surface area (TPSA) is 61.8 Å². The Morgan fingerprint density at radius 1 is 1.18 bits per heavy atom. The number of methoxy groups -OCH3 is 1. The van der Waals surface area contributed by atoms with Crippen molar-refractivity contribution in [3.8, 4) is 5.88 Å². The standard InChI is InChI=1S/C18H26F3N5O2/c1-28-15-3-6-22-17(23-15)26-9-4-14(5-10-26)16(27)25-8-2-7-24(11-12-25)13-18(19,20)21/h3,6,14H,2,4-5,7-13H2,1H3. The average Bonchev–Trinajstić information content (AvgIpc) is 2.91. The first kappa shape index (κ1) is 20.6. The summed E-state index contributed by atoms with van der Waals surface area (Å²) in [5, 5.41) is 0. The molecule has 7 nitrogen and oxygen atoms in total. The fourth-order valence-corrected chi connectivity index (χ4v) is 3.79. The molecular formula is C18H26F3N5O2. The number of carbonyl (C=O) groups is 1. The first-order chi connectivity index (χ1) is 13.4. The van der Waals surface area contributed by atoms with E-state index in [0.717, 1.165) is 0 Å². The van der Waals surface area contributed by atoms with E-state index in [9.17, 15) is 18.0 Å². The molecule has 0 bridgehead atoms. The molecule has 2 aliphatic rings. The van der Waals surface area contributed by atoms with Crippen LogP contribution in [0.2, 0.25) is 0 Å². The molecule has 0 saturated carbocycles. The SMILES string of the molecule is COc1ccnc(N2CCC(C(=O)N3CCCN(CC(F)(F)F)CC3)CC2)n1. The van der Waals surface area contributed by atoms with Crippen molar-refractivity contribution in [2.75, 3.05) is 57.8 Å². The number of aromatic nitrogens is 2. The molecule has 28 heavy (non-hydrogen) atoms. The molecule has 0 unspecified atom stereocenters. The number of rotatable bonds is 4. The fourth-order valence-electron chi connectivity index (χ4n) is 3.79. The van der Waals surface area contributed by atoms with E-state index in [4.69, 9.17) is 4.74 Å². The lowest BCUT2D eigenvalue weighted by Gasteiger charge is -2.34. The van der Waals surface area contributed by atoms with Gasteiger partial charge in [-0.25, -0.2) is 4.98 Å². The number of alkyl halides is 3. The average molecular weight is 401 g/mol. The van der Waals surface area contributed by atoms with Crippen molar-refractivity contribution in [2.45, 2.75) is 25.4 Å². The van der Waals surface area contributed by atoms with Gasteiger partial charge in [0.05, 0.1) is 13.7 Å². The zero-order valence-electron chi connectivity index (χ0n) is 16.0. The Hall–Kier alpha value is -2.10. The van der Waals surface area contributed by atoms with E-state index in [2.05, 4.69) is 9.97 Å². The molecule has 2 aliphatic heterocycles. The number of halogens is 3. The minimum atomic E-state index is -4.20. The maximum atomic E-state index is 12.9. The molecule has 2 saturated heterocycles. The number of nitrogens with zero attached hydrogens (tertiary/aromatic N) is 5. The number of anilines is 1. The smallest absolute Gasteiger partial charge is 0.401 e. The van der Waals surface area contributed by atoms with E-state index in [0.29, 0.717) is 63.8 Å². The first-order valence-corrected chi connectivity index (χ1v) is 9.55. The van der Waals surface area contributed by atoms with Gasteiger partial charge < -0.3 is 14.5 Å². The number of hydrogen-bond acceptors (Lipinski definition) is 6. The summed E-state index contributed by atoms with van der Waals surface area (Å²) in [6.07, 6.45) is -0.626. The number of piperidine rings is 1. The van der Waals surface area contributed by atoms with Gasteiger partial charge in [0, 0.05) is 57.4 Å². The molecule has 3 rings (SSSR count). The van der Waals surface area contributed by atoms with Crippen LogP contribution in [0.25, 0.3) is 0 Å². The van der Waals surface area contributed by atoms with Crippen molar-refractivity contribution in [1.29, 1.82) is 0 Å². The summed E-state index contributed by atoms with van der Waals surface area (Å²) in [5.41, 5.74) is 0. The summed E-state index contributed by atoms with van der Waals surface area (Å²) < 4.78 is 42.9. The van der Waals surface area contributed by atoms with Crippen LogP contribution in [0, 0.1) is 5.92 Å². The Morgan fingerprint density at radius 3 is 2.61 bits per heavy atom. The van der Waals surface area contributed by atoms with Crippen molar-refractivity contribution in [3.05, 3.63) is 12.3 Å². The molecule has 1 aromatic rings. The summed E-state index contributed by atoms with van der Waals surface area (Å²) in [4.78, 5) is 26.6. The predicted octanol–water partition coefficient (Wildman–Crippen LogP) is 1.80. The van der Waals surface area contributed by atoms with Gasteiger partial charge in [-0.2, -0.15) is 18.2 Å². The van der Waals surface area contributed by atoms with Crippen molar-refractivity contribution < 1.29 is 22.7 Å². The summed E-state index contributed by atoms with van der Waals surface area (Å²) in [7, 11) is 1.55. The number of hydrogen-bond donors (Lipinski definition) is 0. The van der Waals surface area contributed by atoms with Crippen LogP contribution < -0.4 is 9.64 Å². The molecule has 0 aromatic carbocycles. The monoisotopic (exact) mass is 401 g/mol. The van der Waals surface area contributed by atoms with E-state index in [1.165, 1.54) is 4.90 Å². The van der Waals surface area contributed by atoms with Gasteiger partial charge in [-0.1, -0.05) is 0 Å². The van der Waals surface area contributed by atoms with E-state index >= 15 is 0 Å². The van der Waals surface area contributed by atoms with Crippen LogP contribution >= 0.6 is 0 Å². The highest BCUT2D eigenvalue weighted by Gasteiger charge is 2.33. The minimum absolute atomic E-state index is 0.0556. The highest BCUT2D eigenvalue weighted by Crippen LogP contribution is 2.24. The zero-order chi connectivity index (χ0) is 20.1. The van der Waals surface area contributed by atoms with Crippen LogP contribution in [0.15, 0.2) is 12.3 Å². The van der Waals surface area contributed by atoms with Gasteiger partial charge in [0.1, 0.15) is 0 Å². The highest BCUT2D eigenvalue weighted by atomic mass is 19.4. The van der Waals surface area contributed by atoms with Crippen LogP contribution in [0.3, 0.4) is 0 Å². The van der Waals surface area contributed by atoms with E-state index < -0.39 is 12.7 Å². The van der Waals surface area contributed by atoms with E-state index in [1.807, 2.05) is 4.90 Å². The Balaban J connectivity index is 1.51. The third-order valence-electron chi connectivity index (χ3n) is 5.26. The number of carbonyl (C=O) groups excluding carboxylic acids is 1. The molecule has 156 valence electrons. The van der Waals surface area contributed by atoms with Crippen molar-refractivity contribution >= 4 is 11.9 Å². The largest absolute Gasteiger partial charge is 0.481 e. The summed E-state index contributed by atoms with van der Waals surface area (Å²) in [6.45, 7) is 1.93. The maximum Gasteiger partial charge on any atom is 0.401 e. The molecule has 0 atom stereocenters. The van der Waals surface area contributed by atoms with Gasteiger partial charge in [-0.05, 0) is 19.3 Å². The fraction of sp³-hybridized carbons (Fsp3) is 0.722. The van der Waals surface area contributed by atoms with E-state index in [1.54, 1.807) is 24.3 Å². The molecule has 10 heteroatoms. The normalized spacial score (nSPS) is 20.1. The summed E-state index contributed by atoms with van der Waals surface area (Å²) in [5.74, 6) is 1.04. The zero-order valence-corrected chi connectivity index (χ0v) is 16.0. The second kappa shape index (κ2) is 8.93. The first-order valence-electron chi connectivity index (χ1n) is 9.55. The quantitative estimate of drug-likeness (QED) is 0.767. The summed E-state index contributed by atoms with van der Waals surface area (Å²) >= 11 is 0. The minimum Gasteiger partial charge on any atom is -0.481 e. The van der Waals surface area contributed by atoms with Crippen LogP contribution in [0.5, 0.6) is 5.88 Å². The Morgan fingerprint density at radius 2 is 1.93 bits per heavy atom. The Kier molecular flexibility index (Phi) is 6.58. The van der Waals surface area contributed by atoms with Gasteiger partial charge >= 0.3 is 6.18 Å². The number of ether oxygens (including phenoxy) is 1. The van der Waals surface area contributed by atoms with E-state index in [-0.39, 0.29) is 18.4 Å². The van der Waals surface area contributed by atoms with Crippen LogP contribution in [-0.2, 0) is 4.79 Å². The molecule has 2 fully saturated rings. The van der Waals surface area contributed by atoms with Crippen molar-refractivity contribution in [1.82, 2.24) is 19.8 Å². The third kappa shape index (κ3) is 5.46. The van der Waals surface area contributed by atoms with Crippen LogP contribution in [-0.4, -0.2) is 84.8 Å². The number of amides is 1.